The molecule has 10 heteroatoms. The van der Waals surface area contributed by atoms with Crippen molar-refractivity contribution in [3.8, 4) is 0 Å². The minimum atomic E-state index is -3.86. The van der Waals surface area contributed by atoms with Crippen molar-refractivity contribution in [2.45, 2.75) is 11.1 Å². The number of anilines is 1. The Kier molecular flexibility index (Phi) is 4.26. The van der Waals surface area contributed by atoms with Crippen molar-refractivity contribution in [3.05, 3.63) is 50.9 Å². The Morgan fingerprint density at radius 1 is 1.36 bits per heavy atom. The molecule has 1 heterocycles. The highest BCUT2D eigenvalue weighted by Crippen LogP contribution is 2.24. The number of hydrogen-bond acceptors (Lipinski definition) is 6. The van der Waals surface area contributed by atoms with Gasteiger partial charge in [-0.05, 0) is 19.1 Å². The van der Waals surface area contributed by atoms with Crippen LogP contribution in [-0.4, -0.2) is 19.2 Å². The van der Waals surface area contributed by atoms with E-state index < -0.39 is 20.9 Å². The summed E-state index contributed by atoms with van der Waals surface area (Å²) in [6.07, 6.45) is 0. The highest BCUT2D eigenvalue weighted by Gasteiger charge is 2.17. The number of carbonyl (C=O) groups is 1. The molecule has 1 amide bonds. The zero-order valence-corrected chi connectivity index (χ0v) is 12.9. The van der Waals surface area contributed by atoms with Gasteiger partial charge in [0, 0.05) is 22.7 Å². The molecule has 116 valence electrons. The molecule has 0 bridgehead atoms. The van der Waals surface area contributed by atoms with Crippen LogP contribution in [0.2, 0.25) is 0 Å². The maximum atomic E-state index is 12.0. The highest BCUT2D eigenvalue weighted by atomic mass is 32.2. The first-order valence-corrected chi connectivity index (χ1v) is 8.29. The van der Waals surface area contributed by atoms with Crippen molar-refractivity contribution in [1.29, 1.82) is 0 Å². The summed E-state index contributed by atoms with van der Waals surface area (Å²) in [5, 5.41) is 19.6. The molecule has 0 radical (unpaired) electrons. The number of nitro benzene ring substituents is 1. The number of nitrogens with zero attached hydrogens (tertiary/aromatic N) is 1. The Hall–Kier alpha value is -2.30. The first-order chi connectivity index (χ1) is 10.2. The Morgan fingerprint density at radius 2 is 2.05 bits per heavy atom. The van der Waals surface area contributed by atoms with Crippen LogP contribution >= 0.6 is 11.3 Å². The van der Waals surface area contributed by atoms with Gasteiger partial charge in [0.05, 0.1) is 10.5 Å². The summed E-state index contributed by atoms with van der Waals surface area (Å²) in [7, 11) is -3.86. The summed E-state index contributed by atoms with van der Waals surface area (Å²) in [5.41, 5.74) is 0.700. The Morgan fingerprint density at radius 3 is 2.59 bits per heavy atom. The molecule has 3 N–H and O–H groups in total. The van der Waals surface area contributed by atoms with Gasteiger partial charge in [-0.3, -0.25) is 14.9 Å². The zero-order valence-electron chi connectivity index (χ0n) is 11.3. The van der Waals surface area contributed by atoms with E-state index >= 15 is 0 Å². The summed E-state index contributed by atoms with van der Waals surface area (Å²) in [4.78, 5) is 22.3. The first-order valence-electron chi connectivity index (χ1n) is 5.86. The van der Waals surface area contributed by atoms with Crippen molar-refractivity contribution >= 4 is 38.6 Å². The number of thiophene rings is 1. The molecule has 1 aromatic carbocycles. The molecule has 2 rings (SSSR count). The van der Waals surface area contributed by atoms with Gasteiger partial charge in [0.2, 0.25) is 10.0 Å². The number of nitrogens with two attached hydrogens (primary N) is 1. The van der Waals surface area contributed by atoms with E-state index in [9.17, 15) is 23.3 Å². The van der Waals surface area contributed by atoms with E-state index in [1.165, 1.54) is 23.6 Å². The summed E-state index contributed by atoms with van der Waals surface area (Å²) >= 11 is 0.824. The van der Waals surface area contributed by atoms with Crippen LogP contribution in [0.3, 0.4) is 0 Å². The predicted octanol–water partition coefficient (Wildman–Crippen LogP) is 1.86. The van der Waals surface area contributed by atoms with Crippen LogP contribution in [0, 0.1) is 17.0 Å². The number of nitrogens with one attached hydrogen (secondary N) is 1. The van der Waals surface area contributed by atoms with Crippen molar-refractivity contribution in [2.75, 3.05) is 5.32 Å². The number of sulfonamides is 1. The topological polar surface area (TPSA) is 132 Å². The first kappa shape index (κ1) is 16.1. The minimum absolute atomic E-state index is 0.109. The molecule has 0 aliphatic rings. The maximum Gasteiger partial charge on any atom is 0.274 e. The fraction of sp³-hybridized carbons (Fsp3) is 0.0833. The van der Waals surface area contributed by atoms with Gasteiger partial charge in [-0.25, -0.2) is 13.6 Å². The lowest BCUT2D eigenvalue weighted by atomic mass is 10.2. The SMILES string of the molecule is Cc1ccc(NC(=O)c2csc(S(N)(=O)=O)c2)cc1[N+](=O)[O-]. The van der Waals surface area contributed by atoms with Gasteiger partial charge in [0.1, 0.15) is 4.21 Å². The fourth-order valence-corrected chi connectivity index (χ4v) is 3.26. The largest absolute Gasteiger partial charge is 0.322 e. The van der Waals surface area contributed by atoms with E-state index in [1.807, 2.05) is 0 Å². The number of hydrogen-bond donors (Lipinski definition) is 2. The summed E-state index contributed by atoms with van der Waals surface area (Å²) in [5.74, 6) is -0.579. The van der Waals surface area contributed by atoms with Gasteiger partial charge >= 0.3 is 0 Å². The van der Waals surface area contributed by atoms with Crippen molar-refractivity contribution in [3.63, 3.8) is 0 Å². The van der Waals surface area contributed by atoms with E-state index in [-0.39, 0.29) is 21.1 Å². The lowest BCUT2D eigenvalue weighted by Crippen LogP contribution is -2.12. The standard InChI is InChI=1S/C12H11N3O5S2/c1-7-2-3-9(5-10(7)15(17)18)14-12(16)8-4-11(21-6-8)22(13,19)20/h2-6H,1H3,(H,14,16)(H2,13,19,20). The van der Waals surface area contributed by atoms with Crippen molar-refractivity contribution in [2.24, 2.45) is 5.14 Å². The Bertz CT molecular complexity index is 857. The molecule has 0 saturated heterocycles. The molecule has 0 saturated carbocycles. The smallest absolute Gasteiger partial charge is 0.274 e. The Balaban J connectivity index is 2.24. The predicted molar refractivity (Wildman–Crippen MR) is 81.5 cm³/mol. The lowest BCUT2D eigenvalue weighted by molar-refractivity contribution is -0.385. The van der Waals surface area contributed by atoms with Gasteiger partial charge in [-0.15, -0.1) is 11.3 Å². The average molecular weight is 341 g/mol. The molecule has 0 aliphatic carbocycles. The minimum Gasteiger partial charge on any atom is -0.322 e. The van der Waals surface area contributed by atoms with Crippen LogP contribution in [0.5, 0.6) is 0 Å². The number of amides is 1. The summed E-state index contributed by atoms with van der Waals surface area (Å²) in [6, 6.07) is 5.42. The molecule has 1 aromatic heterocycles. The molecular weight excluding hydrogens is 330 g/mol. The molecule has 0 aliphatic heterocycles. The lowest BCUT2D eigenvalue weighted by Gasteiger charge is -2.05. The van der Waals surface area contributed by atoms with Gasteiger partial charge in [-0.1, -0.05) is 6.07 Å². The van der Waals surface area contributed by atoms with E-state index in [4.69, 9.17) is 5.14 Å². The number of carbonyl (C=O) groups excluding carboxylic acids is 1. The van der Waals surface area contributed by atoms with Gasteiger partial charge in [0.15, 0.2) is 0 Å². The molecule has 0 atom stereocenters. The number of rotatable bonds is 4. The third-order valence-corrected chi connectivity index (χ3v) is 5.17. The van der Waals surface area contributed by atoms with Crippen LogP contribution in [0.1, 0.15) is 15.9 Å². The van der Waals surface area contributed by atoms with E-state index in [1.54, 1.807) is 6.92 Å². The zero-order chi connectivity index (χ0) is 16.5. The van der Waals surface area contributed by atoms with E-state index in [2.05, 4.69) is 5.32 Å². The third kappa shape index (κ3) is 3.47. The molecular formula is C12H11N3O5S2. The second-order valence-electron chi connectivity index (χ2n) is 4.41. The van der Waals surface area contributed by atoms with Crippen LogP contribution in [0.15, 0.2) is 33.9 Å². The molecule has 0 unspecified atom stereocenters. The third-order valence-electron chi connectivity index (χ3n) is 2.78. The molecule has 0 fully saturated rings. The second-order valence-corrected chi connectivity index (χ2v) is 7.11. The van der Waals surface area contributed by atoms with Gasteiger partial charge < -0.3 is 5.32 Å². The van der Waals surface area contributed by atoms with Crippen LogP contribution in [0.25, 0.3) is 0 Å². The number of primary sulfonamides is 1. The van der Waals surface area contributed by atoms with Crippen molar-refractivity contribution < 1.29 is 18.1 Å². The number of benzene rings is 1. The monoisotopic (exact) mass is 341 g/mol. The quantitative estimate of drug-likeness (QED) is 0.647. The normalized spacial score (nSPS) is 11.2. The van der Waals surface area contributed by atoms with Crippen molar-refractivity contribution in [1.82, 2.24) is 0 Å². The Labute approximate surface area is 129 Å². The molecule has 22 heavy (non-hydrogen) atoms. The van der Waals surface area contributed by atoms with Crippen LogP contribution in [0.4, 0.5) is 11.4 Å². The van der Waals surface area contributed by atoms with Crippen LogP contribution in [-0.2, 0) is 10.0 Å². The molecule has 8 nitrogen and oxygen atoms in total. The number of nitro groups is 1. The van der Waals surface area contributed by atoms with Gasteiger partial charge in [0.25, 0.3) is 11.6 Å². The molecule has 2 aromatic rings. The number of aryl methyl sites for hydroxylation is 1. The summed E-state index contributed by atoms with van der Waals surface area (Å²) in [6.45, 7) is 1.58. The average Bonchev–Trinajstić information content (AvgIpc) is 2.90. The van der Waals surface area contributed by atoms with E-state index in [0.717, 1.165) is 17.4 Å². The highest BCUT2D eigenvalue weighted by molar-refractivity contribution is 7.91. The fourth-order valence-electron chi connectivity index (χ4n) is 1.67. The second kappa shape index (κ2) is 5.83. The van der Waals surface area contributed by atoms with E-state index in [0.29, 0.717) is 5.56 Å². The maximum absolute atomic E-state index is 12.0. The molecule has 0 spiro atoms. The van der Waals surface area contributed by atoms with Crippen LogP contribution < -0.4 is 10.5 Å². The summed E-state index contributed by atoms with van der Waals surface area (Å²) < 4.78 is 22.2. The van der Waals surface area contributed by atoms with Gasteiger partial charge in [-0.2, -0.15) is 0 Å².